The van der Waals surface area contributed by atoms with Crippen molar-refractivity contribution in [2.24, 2.45) is 0 Å². The Kier molecular flexibility index (Phi) is 32.0. The van der Waals surface area contributed by atoms with E-state index in [2.05, 4.69) is 13.8 Å². The summed E-state index contributed by atoms with van der Waals surface area (Å²) < 4.78 is 5.53. The quantitative estimate of drug-likeness (QED) is 0.0676. The van der Waals surface area contributed by atoms with E-state index in [1.54, 1.807) is 0 Å². The lowest BCUT2D eigenvalue weighted by molar-refractivity contribution is -0.110. The van der Waals surface area contributed by atoms with Crippen molar-refractivity contribution in [1.82, 2.24) is 0 Å². The lowest BCUT2D eigenvalue weighted by Gasteiger charge is -2.14. The molecule has 0 aliphatic heterocycles. The van der Waals surface area contributed by atoms with Crippen molar-refractivity contribution < 1.29 is 14.9 Å². The predicted octanol–water partition coefficient (Wildman–Crippen LogP) is 11.0. The monoisotopic (exact) mass is 527 g/mol. The van der Waals surface area contributed by atoms with E-state index in [-0.39, 0.29) is 6.10 Å². The van der Waals surface area contributed by atoms with Gasteiger partial charge in [0.2, 0.25) is 0 Å². The summed E-state index contributed by atoms with van der Waals surface area (Å²) in [6.07, 6.45) is 36.4. The van der Waals surface area contributed by atoms with Crippen LogP contribution in [-0.4, -0.2) is 29.2 Å². The second kappa shape index (κ2) is 32.1. The number of hydrogen-bond acceptors (Lipinski definition) is 3. The van der Waals surface area contributed by atoms with Gasteiger partial charge in [0.25, 0.3) is 0 Å². The highest BCUT2D eigenvalue weighted by Gasteiger charge is 2.08. The molecule has 2 atom stereocenters. The molecule has 2 unspecified atom stereocenters. The summed E-state index contributed by atoms with van der Waals surface area (Å²) in [6.45, 7) is 5.03. The van der Waals surface area contributed by atoms with Crippen LogP contribution in [0, 0.1) is 0 Å². The van der Waals surface area contributed by atoms with Gasteiger partial charge in [0.1, 0.15) is 0 Å². The van der Waals surface area contributed by atoms with Gasteiger partial charge in [-0.2, -0.15) is 0 Å². The Morgan fingerprint density at radius 2 is 0.676 bits per heavy atom. The lowest BCUT2D eigenvalue weighted by Crippen LogP contribution is -2.17. The van der Waals surface area contributed by atoms with E-state index in [0.717, 1.165) is 25.7 Å². The molecule has 0 aromatic heterocycles. The fraction of sp³-hybridized carbons (Fsp3) is 1.00. The van der Waals surface area contributed by atoms with Crippen LogP contribution < -0.4 is 0 Å². The largest absolute Gasteiger partial charge is 0.393 e. The number of hydrogen-bond donors (Lipinski definition) is 2. The van der Waals surface area contributed by atoms with Crippen LogP contribution in [0.15, 0.2) is 0 Å². The molecule has 224 valence electrons. The zero-order valence-electron chi connectivity index (χ0n) is 25.7. The van der Waals surface area contributed by atoms with Gasteiger partial charge in [-0.25, -0.2) is 0 Å². The minimum atomic E-state index is -0.656. The zero-order valence-corrected chi connectivity index (χ0v) is 25.7. The molecule has 37 heavy (non-hydrogen) atoms. The molecule has 0 saturated carbocycles. The summed E-state index contributed by atoms with van der Waals surface area (Å²) in [5.74, 6) is 0. The molecular weight excluding hydrogens is 456 g/mol. The van der Waals surface area contributed by atoms with Crippen molar-refractivity contribution in [3.05, 3.63) is 0 Å². The van der Waals surface area contributed by atoms with E-state index in [9.17, 15) is 10.2 Å². The Morgan fingerprint density at radius 3 is 1.03 bits per heavy atom. The van der Waals surface area contributed by atoms with E-state index < -0.39 is 6.29 Å². The third-order valence-electron chi connectivity index (χ3n) is 7.96. The first-order valence-electron chi connectivity index (χ1n) is 17.2. The highest BCUT2D eigenvalue weighted by atomic mass is 16.6. The fourth-order valence-electron chi connectivity index (χ4n) is 5.30. The molecule has 3 heteroatoms. The normalized spacial score (nSPS) is 13.3. The van der Waals surface area contributed by atoms with Crippen LogP contribution in [0.1, 0.15) is 200 Å². The number of rotatable bonds is 32. The first-order valence-corrected chi connectivity index (χ1v) is 17.2. The molecule has 0 aliphatic rings. The van der Waals surface area contributed by atoms with Crippen molar-refractivity contribution in [3.63, 3.8) is 0 Å². The van der Waals surface area contributed by atoms with Crippen LogP contribution in [0.5, 0.6) is 0 Å². The van der Waals surface area contributed by atoms with Gasteiger partial charge >= 0.3 is 0 Å². The molecule has 0 rings (SSSR count). The highest BCUT2D eigenvalue weighted by Crippen LogP contribution is 2.15. The molecule has 0 fully saturated rings. The minimum absolute atomic E-state index is 0.281. The second-order valence-corrected chi connectivity index (χ2v) is 11.8. The van der Waals surface area contributed by atoms with Gasteiger partial charge in [0.05, 0.1) is 12.7 Å². The van der Waals surface area contributed by atoms with Crippen molar-refractivity contribution in [1.29, 1.82) is 0 Å². The van der Waals surface area contributed by atoms with E-state index in [4.69, 9.17) is 4.74 Å². The van der Waals surface area contributed by atoms with E-state index in [1.165, 1.54) is 154 Å². The average molecular weight is 527 g/mol. The summed E-state index contributed by atoms with van der Waals surface area (Å²) in [7, 11) is 0. The summed E-state index contributed by atoms with van der Waals surface area (Å²) in [4.78, 5) is 0. The SMILES string of the molecule is CCCCCCCCCCCCCCCC(O)CCOC(O)CCCCCCCCCCCCCCC. The molecule has 0 spiro atoms. The molecule has 0 bridgehead atoms. The third kappa shape index (κ3) is 32.0. The number of ether oxygens (including phenoxy) is 1. The van der Waals surface area contributed by atoms with Gasteiger partial charge in [-0.15, -0.1) is 0 Å². The Balaban J connectivity index is 3.26. The maximum atomic E-state index is 10.2. The Hall–Kier alpha value is -0.120. The number of aliphatic hydroxyl groups is 2. The van der Waals surface area contributed by atoms with Crippen LogP contribution in [-0.2, 0) is 4.74 Å². The molecule has 3 nitrogen and oxygen atoms in total. The van der Waals surface area contributed by atoms with Crippen molar-refractivity contribution in [2.45, 2.75) is 212 Å². The lowest BCUT2D eigenvalue weighted by atomic mass is 10.0. The van der Waals surface area contributed by atoms with Crippen LogP contribution >= 0.6 is 0 Å². The molecule has 2 N–H and O–H groups in total. The Labute approximate surface area is 233 Å². The molecule has 0 radical (unpaired) electrons. The van der Waals surface area contributed by atoms with Crippen LogP contribution in [0.25, 0.3) is 0 Å². The van der Waals surface area contributed by atoms with Crippen LogP contribution in [0.4, 0.5) is 0 Å². The predicted molar refractivity (Wildman–Crippen MR) is 163 cm³/mol. The van der Waals surface area contributed by atoms with Gasteiger partial charge in [-0.3, -0.25) is 0 Å². The summed E-state index contributed by atoms with van der Waals surface area (Å²) in [5, 5.41) is 20.2. The first-order chi connectivity index (χ1) is 18.2. The van der Waals surface area contributed by atoms with E-state index in [1.807, 2.05) is 0 Å². The highest BCUT2D eigenvalue weighted by molar-refractivity contribution is 4.57. The smallest absolute Gasteiger partial charge is 0.154 e. The molecule has 0 heterocycles. The van der Waals surface area contributed by atoms with Crippen molar-refractivity contribution in [2.75, 3.05) is 6.61 Å². The topological polar surface area (TPSA) is 49.7 Å². The molecular formula is C34H70O3. The summed E-state index contributed by atoms with van der Waals surface area (Å²) >= 11 is 0. The third-order valence-corrected chi connectivity index (χ3v) is 7.96. The molecule has 0 aromatic carbocycles. The molecule has 0 saturated heterocycles. The van der Waals surface area contributed by atoms with Gasteiger partial charge < -0.3 is 14.9 Å². The van der Waals surface area contributed by atoms with Crippen molar-refractivity contribution >= 4 is 0 Å². The van der Waals surface area contributed by atoms with Crippen molar-refractivity contribution in [3.8, 4) is 0 Å². The number of unbranched alkanes of at least 4 members (excludes halogenated alkanes) is 24. The molecule has 0 aromatic rings. The zero-order chi connectivity index (χ0) is 27.1. The average Bonchev–Trinajstić information content (AvgIpc) is 2.89. The maximum absolute atomic E-state index is 10.2. The van der Waals surface area contributed by atoms with Gasteiger partial charge in [-0.1, -0.05) is 174 Å². The number of aliphatic hydroxyl groups excluding tert-OH is 2. The molecule has 0 aliphatic carbocycles. The van der Waals surface area contributed by atoms with Gasteiger partial charge in [0, 0.05) is 0 Å². The van der Waals surface area contributed by atoms with Gasteiger partial charge in [-0.05, 0) is 25.7 Å². The second-order valence-electron chi connectivity index (χ2n) is 11.8. The van der Waals surface area contributed by atoms with E-state index >= 15 is 0 Å². The fourth-order valence-corrected chi connectivity index (χ4v) is 5.30. The molecule has 0 amide bonds. The summed E-state index contributed by atoms with van der Waals surface area (Å²) in [5.41, 5.74) is 0. The minimum Gasteiger partial charge on any atom is -0.393 e. The summed E-state index contributed by atoms with van der Waals surface area (Å²) in [6, 6.07) is 0. The first kappa shape index (κ1) is 36.9. The van der Waals surface area contributed by atoms with E-state index in [0.29, 0.717) is 13.0 Å². The van der Waals surface area contributed by atoms with Crippen LogP contribution in [0.2, 0.25) is 0 Å². The van der Waals surface area contributed by atoms with Gasteiger partial charge in [0.15, 0.2) is 6.29 Å². The maximum Gasteiger partial charge on any atom is 0.154 e. The Bertz CT molecular complexity index is 365. The van der Waals surface area contributed by atoms with Crippen LogP contribution in [0.3, 0.4) is 0 Å². The standard InChI is InChI=1S/C34H70O3/c1-3-5-7-9-11-13-15-17-19-21-23-25-27-29-33(35)31-32-37-34(36)30-28-26-24-22-20-18-16-14-12-10-8-6-4-2/h33-36H,3-32H2,1-2H3. The Morgan fingerprint density at radius 1 is 0.378 bits per heavy atom.